The van der Waals surface area contributed by atoms with Crippen LogP contribution < -0.4 is 15.8 Å². The van der Waals surface area contributed by atoms with Crippen LogP contribution in [0.4, 0.5) is 0 Å². The Morgan fingerprint density at radius 3 is 2.58 bits per heavy atom. The monoisotopic (exact) mass is 346 g/mol. The molecule has 4 N–H and O–H groups in total. The molecule has 0 saturated heterocycles. The van der Waals surface area contributed by atoms with Crippen LogP contribution in [0.15, 0.2) is 78.0 Å². The van der Waals surface area contributed by atoms with Crippen LogP contribution in [0, 0.1) is 0 Å². The number of nitrogens with two attached hydrogens (primary N) is 1. The van der Waals surface area contributed by atoms with Crippen molar-refractivity contribution in [3.8, 4) is 5.75 Å². The maximum absolute atomic E-state index is 12.7. The normalized spacial score (nSPS) is 19.1. The van der Waals surface area contributed by atoms with E-state index in [1.807, 2.05) is 60.7 Å². The first-order valence-corrected chi connectivity index (χ1v) is 8.26. The molecule has 6 heteroatoms. The van der Waals surface area contributed by atoms with Gasteiger partial charge in [-0.15, -0.1) is 0 Å². The zero-order valence-electron chi connectivity index (χ0n) is 14.0. The smallest absolute Gasteiger partial charge is 0.264 e. The van der Waals surface area contributed by atoms with Gasteiger partial charge in [0.2, 0.25) is 0 Å². The summed E-state index contributed by atoms with van der Waals surface area (Å²) in [5.41, 5.74) is 7.06. The molecule has 0 radical (unpaired) electrons. The molecule has 6 nitrogen and oxygen atoms in total. The molecular formula is C20H18N4O2. The number of aliphatic imine (C=N–C) groups is 1. The fourth-order valence-electron chi connectivity index (χ4n) is 3.12. The minimum absolute atomic E-state index is 0.104. The van der Waals surface area contributed by atoms with Crippen molar-refractivity contribution in [2.24, 2.45) is 10.7 Å². The molecular weight excluding hydrogens is 328 g/mol. The summed E-state index contributed by atoms with van der Waals surface area (Å²) >= 11 is 0. The number of benzene rings is 2. The molecule has 1 atom stereocenters. The van der Waals surface area contributed by atoms with Crippen LogP contribution in [0.1, 0.15) is 16.7 Å². The van der Waals surface area contributed by atoms with E-state index in [0.29, 0.717) is 17.9 Å². The fraction of sp³-hybridized carbons (Fsp3) is 0.100. The van der Waals surface area contributed by atoms with Crippen LogP contribution in [-0.2, 0) is 16.9 Å². The Labute approximate surface area is 150 Å². The van der Waals surface area contributed by atoms with E-state index in [9.17, 15) is 4.79 Å². The second-order valence-electron chi connectivity index (χ2n) is 6.06. The van der Waals surface area contributed by atoms with Crippen molar-refractivity contribution < 1.29 is 9.53 Å². The lowest BCUT2D eigenvalue weighted by Crippen LogP contribution is -2.39. The van der Waals surface area contributed by atoms with Crippen molar-refractivity contribution in [3.05, 3.63) is 89.7 Å². The zero-order chi connectivity index (χ0) is 18.0. The van der Waals surface area contributed by atoms with Gasteiger partial charge >= 0.3 is 0 Å². The van der Waals surface area contributed by atoms with E-state index in [1.165, 1.54) is 0 Å². The number of H-pyrrole nitrogens is 1. The topological polar surface area (TPSA) is 92.5 Å². The molecule has 2 aromatic carbocycles. The maximum Gasteiger partial charge on any atom is 0.264 e. The summed E-state index contributed by atoms with van der Waals surface area (Å²) in [6.45, 7) is 0.444. The van der Waals surface area contributed by atoms with E-state index in [0.717, 1.165) is 11.1 Å². The summed E-state index contributed by atoms with van der Waals surface area (Å²) < 4.78 is 5.90. The van der Waals surface area contributed by atoms with Gasteiger partial charge in [-0.3, -0.25) is 10.1 Å². The number of hydrogen-bond donors (Lipinski definition) is 3. The van der Waals surface area contributed by atoms with E-state index >= 15 is 0 Å². The molecule has 2 heterocycles. The molecule has 1 unspecified atom stereocenters. The lowest BCUT2D eigenvalue weighted by atomic mass is 9.84. The predicted octanol–water partition coefficient (Wildman–Crippen LogP) is 2.28. The number of ether oxygens (including phenoxy) is 1. The third-order valence-corrected chi connectivity index (χ3v) is 4.37. The van der Waals surface area contributed by atoms with Crippen molar-refractivity contribution in [2.45, 2.75) is 12.1 Å². The highest BCUT2D eigenvalue weighted by atomic mass is 16.5. The summed E-state index contributed by atoms with van der Waals surface area (Å²) in [4.78, 5) is 20.1. The summed E-state index contributed by atoms with van der Waals surface area (Å²) in [6.07, 6.45) is 3.50. The minimum atomic E-state index is -1.21. The molecule has 4 rings (SSSR count). The van der Waals surface area contributed by atoms with E-state index in [1.54, 1.807) is 12.4 Å². The third kappa shape index (κ3) is 2.71. The zero-order valence-corrected chi connectivity index (χ0v) is 14.0. The van der Waals surface area contributed by atoms with Gasteiger partial charge < -0.3 is 15.5 Å². The molecule has 26 heavy (non-hydrogen) atoms. The number of aromatic nitrogens is 1. The van der Waals surface area contributed by atoms with Gasteiger partial charge in [0.1, 0.15) is 12.4 Å². The van der Waals surface area contributed by atoms with E-state index in [4.69, 9.17) is 10.5 Å². The van der Waals surface area contributed by atoms with Crippen LogP contribution in [0.3, 0.4) is 0 Å². The molecule has 130 valence electrons. The molecule has 1 amide bonds. The van der Waals surface area contributed by atoms with Crippen molar-refractivity contribution in [2.75, 3.05) is 0 Å². The molecule has 0 bridgehead atoms. The first kappa shape index (κ1) is 16.0. The van der Waals surface area contributed by atoms with Crippen LogP contribution in [0.2, 0.25) is 0 Å². The Morgan fingerprint density at radius 1 is 1.04 bits per heavy atom. The van der Waals surface area contributed by atoms with Gasteiger partial charge in [0.15, 0.2) is 11.5 Å². The Bertz CT molecular complexity index is 951. The van der Waals surface area contributed by atoms with Crippen molar-refractivity contribution in [1.82, 2.24) is 10.3 Å². The molecule has 0 aliphatic carbocycles. The average molecular weight is 346 g/mol. The number of aromatic amines is 1. The van der Waals surface area contributed by atoms with E-state index in [2.05, 4.69) is 15.3 Å². The Morgan fingerprint density at radius 2 is 1.88 bits per heavy atom. The second-order valence-corrected chi connectivity index (χ2v) is 6.06. The standard InChI is InChI=1S/C20H18N4O2/c21-19-23-18(25)20(24-19,16-9-10-22-12-16)15-7-4-8-17(11-15)26-13-14-5-2-1-3-6-14/h1-12,22H,13H2,(H3,21,23,24,25). The van der Waals surface area contributed by atoms with Gasteiger partial charge in [0.05, 0.1) is 0 Å². The van der Waals surface area contributed by atoms with E-state index < -0.39 is 5.54 Å². The number of guanidine groups is 1. The SMILES string of the molecule is NC1=NC(c2cc[nH]c2)(c2cccc(OCc3ccccc3)c2)C(=O)N1. The first-order chi connectivity index (χ1) is 12.7. The van der Waals surface area contributed by atoms with Gasteiger partial charge in [-0.25, -0.2) is 4.99 Å². The van der Waals surface area contributed by atoms with Crippen LogP contribution in [0.25, 0.3) is 0 Å². The summed E-state index contributed by atoms with van der Waals surface area (Å²) in [5, 5.41) is 2.61. The van der Waals surface area contributed by atoms with Gasteiger partial charge in [0, 0.05) is 18.0 Å². The predicted molar refractivity (Wildman–Crippen MR) is 98.6 cm³/mol. The number of rotatable bonds is 5. The van der Waals surface area contributed by atoms with Gasteiger partial charge in [-0.05, 0) is 29.3 Å². The minimum Gasteiger partial charge on any atom is -0.489 e. The lowest BCUT2D eigenvalue weighted by molar-refractivity contribution is -0.122. The Kier molecular flexibility index (Phi) is 3.93. The highest BCUT2D eigenvalue weighted by Crippen LogP contribution is 2.37. The average Bonchev–Trinajstić information content (AvgIpc) is 3.29. The fourth-order valence-corrected chi connectivity index (χ4v) is 3.12. The van der Waals surface area contributed by atoms with Gasteiger partial charge in [-0.2, -0.15) is 0 Å². The molecule has 0 fully saturated rings. The molecule has 1 aliphatic heterocycles. The number of carbonyl (C=O) groups is 1. The van der Waals surface area contributed by atoms with Crippen molar-refractivity contribution in [3.63, 3.8) is 0 Å². The highest BCUT2D eigenvalue weighted by Gasteiger charge is 2.47. The molecule has 0 saturated carbocycles. The Balaban J connectivity index is 1.69. The van der Waals surface area contributed by atoms with Crippen molar-refractivity contribution >= 4 is 11.9 Å². The summed E-state index contributed by atoms with van der Waals surface area (Å²) in [5.74, 6) is 0.483. The van der Waals surface area contributed by atoms with Crippen LogP contribution in [-0.4, -0.2) is 16.9 Å². The van der Waals surface area contributed by atoms with Crippen molar-refractivity contribution in [1.29, 1.82) is 0 Å². The van der Waals surface area contributed by atoms with Gasteiger partial charge in [0.25, 0.3) is 5.91 Å². The largest absolute Gasteiger partial charge is 0.489 e. The molecule has 3 aromatic rings. The summed E-state index contributed by atoms with van der Waals surface area (Å²) in [6, 6.07) is 19.1. The van der Waals surface area contributed by atoms with Crippen LogP contribution in [0.5, 0.6) is 5.75 Å². The van der Waals surface area contributed by atoms with E-state index in [-0.39, 0.29) is 11.9 Å². The number of amides is 1. The number of nitrogens with zero attached hydrogens (tertiary/aromatic N) is 1. The number of carbonyl (C=O) groups excluding carboxylic acids is 1. The second kappa shape index (κ2) is 6.40. The van der Waals surface area contributed by atoms with Crippen LogP contribution >= 0.6 is 0 Å². The number of hydrogen-bond acceptors (Lipinski definition) is 4. The van der Waals surface area contributed by atoms with Gasteiger partial charge in [-0.1, -0.05) is 42.5 Å². The molecule has 1 aliphatic rings. The lowest BCUT2D eigenvalue weighted by Gasteiger charge is -2.23. The maximum atomic E-state index is 12.7. The quantitative estimate of drug-likeness (QED) is 0.662. The Hall–Kier alpha value is -3.54. The third-order valence-electron chi connectivity index (χ3n) is 4.37. The molecule has 0 spiro atoms. The number of nitrogens with one attached hydrogen (secondary N) is 2. The molecule has 1 aromatic heterocycles. The summed E-state index contributed by atoms with van der Waals surface area (Å²) in [7, 11) is 0. The highest BCUT2D eigenvalue weighted by molar-refractivity contribution is 6.09. The first-order valence-electron chi connectivity index (χ1n) is 8.26.